The van der Waals surface area contributed by atoms with Crippen LogP contribution in [0.4, 0.5) is 4.39 Å². The molecule has 0 bridgehead atoms. The fourth-order valence-corrected chi connectivity index (χ4v) is 3.38. The van der Waals surface area contributed by atoms with Gasteiger partial charge in [0, 0.05) is 18.2 Å². The molecule has 0 radical (unpaired) electrons. The van der Waals surface area contributed by atoms with Crippen molar-refractivity contribution >= 4 is 22.6 Å². The Morgan fingerprint density at radius 3 is 2.67 bits per heavy atom. The van der Waals surface area contributed by atoms with E-state index in [2.05, 4.69) is 28.5 Å². The molecule has 1 fully saturated rings. The number of nitrogens with zero attached hydrogens (tertiary/aromatic N) is 3. The van der Waals surface area contributed by atoms with Crippen molar-refractivity contribution in [2.24, 2.45) is 0 Å². The zero-order chi connectivity index (χ0) is 15.2. The SMILES string of the molecule is CC(Cl)c1nc2cc(F)ccc2n1CC1(N(C)C)CCC1. The highest BCUT2D eigenvalue weighted by Gasteiger charge is 2.40. The lowest BCUT2D eigenvalue weighted by Crippen LogP contribution is -2.53. The first kappa shape index (κ1) is 14.8. The molecule has 1 aliphatic rings. The molecule has 1 aliphatic carbocycles. The fraction of sp³-hybridized carbons (Fsp3) is 0.562. The summed E-state index contributed by atoms with van der Waals surface area (Å²) in [7, 11) is 4.25. The van der Waals surface area contributed by atoms with Crippen LogP contribution in [0, 0.1) is 5.82 Å². The molecular weight excluding hydrogens is 289 g/mol. The Morgan fingerprint density at radius 2 is 2.14 bits per heavy atom. The third kappa shape index (κ3) is 2.44. The van der Waals surface area contributed by atoms with Crippen LogP contribution < -0.4 is 0 Å². The summed E-state index contributed by atoms with van der Waals surface area (Å²) in [6, 6.07) is 4.78. The van der Waals surface area contributed by atoms with Gasteiger partial charge in [0.25, 0.3) is 0 Å². The third-order valence-electron chi connectivity index (χ3n) is 4.78. The average Bonchev–Trinajstić information content (AvgIpc) is 2.71. The Morgan fingerprint density at radius 1 is 1.43 bits per heavy atom. The zero-order valence-electron chi connectivity index (χ0n) is 12.7. The Bertz CT molecular complexity index is 659. The number of aromatic nitrogens is 2. The Balaban J connectivity index is 2.09. The average molecular weight is 310 g/mol. The number of alkyl halides is 1. The smallest absolute Gasteiger partial charge is 0.127 e. The number of imidazole rings is 1. The van der Waals surface area contributed by atoms with E-state index in [1.165, 1.54) is 31.4 Å². The maximum absolute atomic E-state index is 13.4. The van der Waals surface area contributed by atoms with Crippen molar-refractivity contribution in [3.8, 4) is 0 Å². The van der Waals surface area contributed by atoms with Gasteiger partial charge in [-0.05, 0) is 52.4 Å². The van der Waals surface area contributed by atoms with Crippen molar-refractivity contribution in [1.82, 2.24) is 14.5 Å². The van der Waals surface area contributed by atoms with Gasteiger partial charge in [0.2, 0.25) is 0 Å². The standard InChI is InChI=1S/C16H21ClFN3/c1-11(17)15-19-13-9-12(18)5-6-14(13)21(15)10-16(20(2)3)7-4-8-16/h5-6,9,11H,4,7-8,10H2,1-3H3. The lowest BCUT2D eigenvalue weighted by atomic mass is 9.75. The molecule has 1 saturated carbocycles. The zero-order valence-corrected chi connectivity index (χ0v) is 13.5. The third-order valence-corrected chi connectivity index (χ3v) is 4.98. The van der Waals surface area contributed by atoms with Gasteiger partial charge in [-0.3, -0.25) is 0 Å². The lowest BCUT2D eigenvalue weighted by molar-refractivity contribution is 0.0427. The molecule has 3 nitrogen and oxygen atoms in total. The van der Waals surface area contributed by atoms with Gasteiger partial charge in [0.15, 0.2) is 0 Å². The monoisotopic (exact) mass is 309 g/mol. The van der Waals surface area contributed by atoms with Crippen LogP contribution in [-0.4, -0.2) is 34.1 Å². The molecule has 0 aliphatic heterocycles. The van der Waals surface area contributed by atoms with Crippen LogP contribution >= 0.6 is 11.6 Å². The second-order valence-corrected chi connectivity index (χ2v) is 6.93. The number of hydrogen-bond acceptors (Lipinski definition) is 2. The highest BCUT2D eigenvalue weighted by Crippen LogP contribution is 2.39. The minimum absolute atomic E-state index is 0.169. The molecule has 1 atom stereocenters. The maximum atomic E-state index is 13.4. The highest BCUT2D eigenvalue weighted by molar-refractivity contribution is 6.20. The fourth-order valence-electron chi connectivity index (χ4n) is 3.22. The minimum atomic E-state index is -0.258. The summed E-state index contributed by atoms with van der Waals surface area (Å²) >= 11 is 6.30. The number of rotatable bonds is 4. The van der Waals surface area contributed by atoms with Gasteiger partial charge in [-0.2, -0.15) is 0 Å². The van der Waals surface area contributed by atoms with Crippen LogP contribution in [0.1, 0.15) is 37.4 Å². The maximum Gasteiger partial charge on any atom is 0.127 e. The highest BCUT2D eigenvalue weighted by atomic mass is 35.5. The number of benzene rings is 1. The normalized spacial score (nSPS) is 19.0. The van der Waals surface area contributed by atoms with Crippen LogP contribution in [0.2, 0.25) is 0 Å². The predicted octanol–water partition coefficient (Wildman–Crippen LogP) is 3.96. The van der Waals surface area contributed by atoms with Crippen molar-refractivity contribution in [2.75, 3.05) is 14.1 Å². The van der Waals surface area contributed by atoms with Gasteiger partial charge in [0.1, 0.15) is 11.6 Å². The Kier molecular flexibility index (Phi) is 3.70. The van der Waals surface area contributed by atoms with Crippen LogP contribution in [0.25, 0.3) is 11.0 Å². The summed E-state index contributed by atoms with van der Waals surface area (Å²) in [6.07, 6.45) is 3.61. The first-order chi connectivity index (χ1) is 9.93. The molecule has 114 valence electrons. The number of hydrogen-bond donors (Lipinski definition) is 0. The molecule has 1 heterocycles. The van der Waals surface area contributed by atoms with Gasteiger partial charge < -0.3 is 9.47 Å². The molecule has 1 unspecified atom stereocenters. The van der Waals surface area contributed by atoms with E-state index in [0.29, 0.717) is 5.52 Å². The van der Waals surface area contributed by atoms with E-state index in [-0.39, 0.29) is 16.7 Å². The molecule has 0 amide bonds. The molecule has 1 aromatic heterocycles. The van der Waals surface area contributed by atoms with E-state index < -0.39 is 0 Å². The Labute approximate surface area is 129 Å². The van der Waals surface area contributed by atoms with E-state index in [9.17, 15) is 4.39 Å². The van der Waals surface area contributed by atoms with Gasteiger partial charge in [-0.25, -0.2) is 9.37 Å². The number of fused-ring (bicyclic) bond motifs is 1. The molecule has 3 rings (SSSR count). The van der Waals surface area contributed by atoms with E-state index in [1.54, 1.807) is 0 Å². The topological polar surface area (TPSA) is 21.1 Å². The van der Waals surface area contributed by atoms with Crippen molar-refractivity contribution in [3.05, 3.63) is 29.8 Å². The van der Waals surface area contributed by atoms with Gasteiger partial charge in [-0.15, -0.1) is 11.6 Å². The summed E-state index contributed by atoms with van der Waals surface area (Å²) in [5.74, 6) is 0.567. The molecule has 1 aromatic carbocycles. The molecule has 2 aromatic rings. The quantitative estimate of drug-likeness (QED) is 0.797. The molecule has 0 spiro atoms. The van der Waals surface area contributed by atoms with Crippen LogP contribution in [0.3, 0.4) is 0 Å². The molecule has 21 heavy (non-hydrogen) atoms. The summed E-state index contributed by atoms with van der Waals surface area (Å²) in [4.78, 5) is 6.85. The second kappa shape index (κ2) is 5.25. The lowest BCUT2D eigenvalue weighted by Gasteiger charge is -2.48. The van der Waals surface area contributed by atoms with Crippen LogP contribution in [0.5, 0.6) is 0 Å². The first-order valence-electron chi connectivity index (χ1n) is 7.40. The molecule has 0 N–H and O–H groups in total. The largest absolute Gasteiger partial charge is 0.325 e. The second-order valence-electron chi connectivity index (χ2n) is 6.28. The number of halogens is 2. The van der Waals surface area contributed by atoms with Gasteiger partial charge in [0.05, 0.1) is 16.4 Å². The summed E-state index contributed by atoms with van der Waals surface area (Å²) in [6.45, 7) is 2.77. The summed E-state index contributed by atoms with van der Waals surface area (Å²) in [5.41, 5.74) is 1.82. The summed E-state index contributed by atoms with van der Waals surface area (Å²) < 4.78 is 15.6. The van der Waals surface area contributed by atoms with Crippen LogP contribution in [-0.2, 0) is 6.54 Å². The Hall–Kier alpha value is -1.13. The van der Waals surface area contributed by atoms with Crippen molar-refractivity contribution in [2.45, 2.75) is 43.6 Å². The van der Waals surface area contributed by atoms with Crippen molar-refractivity contribution in [3.63, 3.8) is 0 Å². The molecule has 5 heteroatoms. The van der Waals surface area contributed by atoms with E-state index in [1.807, 2.05) is 13.0 Å². The van der Waals surface area contributed by atoms with E-state index >= 15 is 0 Å². The first-order valence-corrected chi connectivity index (χ1v) is 7.84. The molecular formula is C16H21ClFN3. The van der Waals surface area contributed by atoms with Crippen molar-refractivity contribution in [1.29, 1.82) is 0 Å². The predicted molar refractivity (Wildman–Crippen MR) is 84.2 cm³/mol. The van der Waals surface area contributed by atoms with E-state index in [0.717, 1.165) is 17.9 Å². The minimum Gasteiger partial charge on any atom is -0.325 e. The molecule has 0 saturated heterocycles. The van der Waals surface area contributed by atoms with E-state index in [4.69, 9.17) is 11.6 Å². The van der Waals surface area contributed by atoms with Crippen molar-refractivity contribution < 1.29 is 4.39 Å². The number of likely N-dealkylation sites (N-methyl/N-ethyl adjacent to an activating group) is 1. The van der Waals surface area contributed by atoms with Gasteiger partial charge >= 0.3 is 0 Å². The summed E-state index contributed by atoms with van der Waals surface area (Å²) in [5, 5.41) is -0.195. The van der Waals surface area contributed by atoms with Crippen LogP contribution in [0.15, 0.2) is 18.2 Å². The van der Waals surface area contributed by atoms with Gasteiger partial charge in [-0.1, -0.05) is 0 Å².